The lowest BCUT2D eigenvalue weighted by molar-refractivity contribution is -0.231. The predicted octanol–water partition coefficient (Wildman–Crippen LogP) is 2.00. The van der Waals surface area contributed by atoms with Gasteiger partial charge < -0.3 is 24.1 Å². The van der Waals surface area contributed by atoms with Crippen LogP contribution < -0.4 is 0 Å². The van der Waals surface area contributed by atoms with Crippen molar-refractivity contribution in [2.75, 3.05) is 6.61 Å². The number of fused-ring (bicyclic) bond motifs is 1. The fourth-order valence-corrected chi connectivity index (χ4v) is 2.83. The minimum Gasteiger partial charge on any atom is -0.392 e. The average Bonchev–Trinajstić information content (AvgIpc) is 2.98. The van der Waals surface area contributed by atoms with Crippen LogP contribution in [-0.2, 0) is 25.6 Å². The van der Waals surface area contributed by atoms with Crippen LogP contribution in [0.15, 0.2) is 42.5 Å². The van der Waals surface area contributed by atoms with E-state index in [2.05, 4.69) is 0 Å². The summed E-state index contributed by atoms with van der Waals surface area (Å²) in [6.45, 7) is 4.19. The molecular weight excluding hydrogens is 284 g/mol. The molecule has 3 rings (SSSR count). The van der Waals surface area contributed by atoms with Gasteiger partial charge in [-0.3, -0.25) is 0 Å². The van der Waals surface area contributed by atoms with Crippen molar-refractivity contribution in [3.8, 4) is 0 Å². The molecule has 5 heteroatoms. The second-order valence-electron chi connectivity index (χ2n) is 5.94. The molecule has 0 bridgehead atoms. The smallest absolute Gasteiger partial charge is 0.187 e. The van der Waals surface area contributed by atoms with Gasteiger partial charge in [-0.15, -0.1) is 0 Å². The number of hydrogen-bond donors (Lipinski definition) is 1. The molecule has 1 N–H and O–H groups in total. The fraction of sp³-hybridized carbons (Fsp3) is 0.529. The SMILES string of the molecule is CC1(C)O[C@@H]2[C@@H](OCc3ccccc3)O[C@H](/C=C\CO)[C@@H]2O1. The van der Waals surface area contributed by atoms with Crippen LogP contribution >= 0.6 is 0 Å². The maximum absolute atomic E-state index is 8.94. The van der Waals surface area contributed by atoms with Gasteiger partial charge in [0.05, 0.1) is 13.2 Å². The molecule has 2 aliphatic rings. The second-order valence-corrected chi connectivity index (χ2v) is 5.94. The Kier molecular flexibility index (Phi) is 4.61. The third-order valence-electron chi connectivity index (χ3n) is 3.74. The summed E-state index contributed by atoms with van der Waals surface area (Å²) in [5.41, 5.74) is 1.08. The predicted molar refractivity (Wildman–Crippen MR) is 79.9 cm³/mol. The zero-order valence-corrected chi connectivity index (χ0v) is 12.8. The van der Waals surface area contributed by atoms with E-state index in [4.69, 9.17) is 24.1 Å². The van der Waals surface area contributed by atoms with Gasteiger partial charge in [0.1, 0.15) is 18.3 Å². The molecule has 2 heterocycles. The van der Waals surface area contributed by atoms with E-state index >= 15 is 0 Å². The molecule has 0 radical (unpaired) electrons. The normalized spacial score (nSPS) is 33.4. The lowest BCUT2D eigenvalue weighted by Crippen LogP contribution is -2.31. The summed E-state index contributed by atoms with van der Waals surface area (Å²) < 4.78 is 23.6. The highest BCUT2D eigenvalue weighted by Gasteiger charge is 2.55. The van der Waals surface area contributed by atoms with Gasteiger partial charge in [0, 0.05) is 0 Å². The molecule has 120 valence electrons. The van der Waals surface area contributed by atoms with Gasteiger partial charge in [0.2, 0.25) is 0 Å². The van der Waals surface area contributed by atoms with Crippen molar-refractivity contribution in [1.82, 2.24) is 0 Å². The Labute approximate surface area is 130 Å². The highest BCUT2D eigenvalue weighted by Crippen LogP contribution is 2.39. The van der Waals surface area contributed by atoms with Crippen molar-refractivity contribution in [3.05, 3.63) is 48.0 Å². The lowest BCUT2D eigenvalue weighted by atomic mass is 10.1. The van der Waals surface area contributed by atoms with Crippen molar-refractivity contribution < 1.29 is 24.1 Å². The topological polar surface area (TPSA) is 57.2 Å². The summed E-state index contributed by atoms with van der Waals surface area (Å²) in [4.78, 5) is 0. The van der Waals surface area contributed by atoms with Crippen LogP contribution in [0.5, 0.6) is 0 Å². The maximum atomic E-state index is 8.94. The molecular formula is C17H22O5. The minimum atomic E-state index is -0.654. The molecule has 0 amide bonds. The van der Waals surface area contributed by atoms with Crippen LogP contribution in [-0.4, -0.2) is 42.1 Å². The molecule has 2 saturated heterocycles. The lowest BCUT2D eigenvalue weighted by Gasteiger charge is -2.23. The zero-order valence-electron chi connectivity index (χ0n) is 12.8. The molecule has 22 heavy (non-hydrogen) atoms. The van der Waals surface area contributed by atoms with Crippen molar-refractivity contribution in [2.24, 2.45) is 0 Å². The third-order valence-corrected chi connectivity index (χ3v) is 3.74. The van der Waals surface area contributed by atoms with Gasteiger partial charge in [-0.2, -0.15) is 0 Å². The Morgan fingerprint density at radius 2 is 1.91 bits per heavy atom. The number of aliphatic hydroxyl groups is 1. The van der Waals surface area contributed by atoms with Crippen molar-refractivity contribution in [1.29, 1.82) is 0 Å². The van der Waals surface area contributed by atoms with Gasteiger partial charge in [-0.25, -0.2) is 0 Å². The molecule has 0 aromatic heterocycles. The van der Waals surface area contributed by atoms with E-state index in [-0.39, 0.29) is 24.9 Å². The largest absolute Gasteiger partial charge is 0.392 e. The summed E-state index contributed by atoms with van der Waals surface area (Å²) >= 11 is 0. The van der Waals surface area contributed by atoms with Crippen LogP contribution in [0.2, 0.25) is 0 Å². The van der Waals surface area contributed by atoms with E-state index < -0.39 is 12.1 Å². The molecule has 0 saturated carbocycles. The van der Waals surface area contributed by atoms with E-state index in [0.717, 1.165) is 5.56 Å². The highest BCUT2D eigenvalue weighted by atomic mass is 16.8. The Morgan fingerprint density at radius 1 is 1.18 bits per heavy atom. The summed E-state index contributed by atoms with van der Waals surface area (Å²) in [6.07, 6.45) is 2.19. The third kappa shape index (κ3) is 3.39. The van der Waals surface area contributed by atoms with Crippen molar-refractivity contribution in [2.45, 2.75) is 50.8 Å². The molecule has 0 spiro atoms. The summed E-state index contributed by atoms with van der Waals surface area (Å²) in [5.74, 6) is -0.654. The molecule has 2 aliphatic heterocycles. The Bertz CT molecular complexity index is 513. The van der Waals surface area contributed by atoms with Gasteiger partial charge in [0.25, 0.3) is 0 Å². The molecule has 1 aromatic carbocycles. The van der Waals surface area contributed by atoms with E-state index in [1.54, 1.807) is 12.2 Å². The summed E-state index contributed by atoms with van der Waals surface area (Å²) in [5, 5.41) is 8.94. The molecule has 1 aromatic rings. The van der Waals surface area contributed by atoms with Crippen LogP contribution in [0.1, 0.15) is 19.4 Å². The highest BCUT2D eigenvalue weighted by molar-refractivity contribution is 5.13. The number of rotatable bonds is 5. The molecule has 0 unspecified atom stereocenters. The second kappa shape index (κ2) is 6.48. The molecule has 0 aliphatic carbocycles. The Balaban J connectivity index is 1.67. The first-order valence-corrected chi connectivity index (χ1v) is 7.53. The number of ether oxygens (including phenoxy) is 4. The van der Waals surface area contributed by atoms with Gasteiger partial charge in [-0.05, 0) is 19.4 Å². The quantitative estimate of drug-likeness (QED) is 0.843. The van der Waals surface area contributed by atoms with Crippen molar-refractivity contribution in [3.63, 3.8) is 0 Å². The van der Waals surface area contributed by atoms with Crippen LogP contribution in [0.25, 0.3) is 0 Å². The summed E-state index contributed by atoms with van der Waals surface area (Å²) in [7, 11) is 0. The zero-order chi connectivity index (χ0) is 15.6. The van der Waals surface area contributed by atoms with Gasteiger partial charge in [-0.1, -0.05) is 42.5 Å². The first-order chi connectivity index (χ1) is 10.6. The molecule has 5 nitrogen and oxygen atoms in total. The van der Waals surface area contributed by atoms with E-state index in [0.29, 0.717) is 6.61 Å². The standard InChI is InChI=1S/C17H22O5/c1-17(2)21-14-13(9-6-10-18)20-16(15(14)22-17)19-11-12-7-4-3-5-8-12/h3-9,13-16,18H,10-11H2,1-2H3/b9-6-/t13-,14+,15+,16+/m1/s1. The van der Waals surface area contributed by atoms with Crippen LogP contribution in [0.4, 0.5) is 0 Å². The average molecular weight is 306 g/mol. The monoisotopic (exact) mass is 306 g/mol. The Morgan fingerprint density at radius 3 is 2.64 bits per heavy atom. The summed E-state index contributed by atoms with van der Waals surface area (Å²) in [6, 6.07) is 9.93. The number of benzene rings is 1. The van der Waals surface area contributed by atoms with E-state index in [1.807, 2.05) is 44.2 Å². The van der Waals surface area contributed by atoms with Crippen LogP contribution in [0.3, 0.4) is 0 Å². The molecule has 2 fully saturated rings. The van der Waals surface area contributed by atoms with E-state index in [9.17, 15) is 0 Å². The van der Waals surface area contributed by atoms with E-state index in [1.165, 1.54) is 0 Å². The molecule has 4 atom stereocenters. The number of hydrogen-bond acceptors (Lipinski definition) is 5. The maximum Gasteiger partial charge on any atom is 0.187 e. The van der Waals surface area contributed by atoms with Crippen LogP contribution in [0, 0.1) is 0 Å². The van der Waals surface area contributed by atoms with Gasteiger partial charge >= 0.3 is 0 Å². The van der Waals surface area contributed by atoms with Gasteiger partial charge in [0.15, 0.2) is 12.1 Å². The first kappa shape index (κ1) is 15.6. The first-order valence-electron chi connectivity index (χ1n) is 7.53. The Hall–Kier alpha value is -1.24. The van der Waals surface area contributed by atoms with Crippen molar-refractivity contribution >= 4 is 0 Å². The fourth-order valence-electron chi connectivity index (χ4n) is 2.83. The minimum absolute atomic E-state index is 0.0307. The number of aliphatic hydroxyl groups excluding tert-OH is 1.